The minimum atomic E-state index is -0.341. The zero-order valence-corrected chi connectivity index (χ0v) is 11.9. The Kier molecular flexibility index (Phi) is 4.34. The molecule has 1 heterocycles. The molecule has 5 nitrogen and oxygen atoms in total. The van der Waals surface area contributed by atoms with Crippen LogP contribution in [0.1, 0.15) is 28.8 Å². The van der Waals surface area contributed by atoms with Crippen molar-refractivity contribution in [3.8, 4) is 0 Å². The van der Waals surface area contributed by atoms with E-state index in [2.05, 4.69) is 0 Å². The van der Waals surface area contributed by atoms with Gasteiger partial charge in [0.15, 0.2) is 0 Å². The minimum absolute atomic E-state index is 0.0922. The van der Waals surface area contributed by atoms with Crippen LogP contribution in [-0.2, 0) is 4.79 Å². The number of primary amides is 1. The summed E-state index contributed by atoms with van der Waals surface area (Å²) in [5.41, 5.74) is 12.1. The van der Waals surface area contributed by atoms with Crippen molar-refractivity contribution in [2.75, 3.05) is 13.1 Å². The predicted molar refractivity (Wildman–Crippen MR) is 80.2 cm³/mol. The first-order chi connectivity index (χ1) is 9.49. The van der Waals surface area contributed by atoms with Gasteiger partial charge in [-0.05, 0) is 25.0 Å². The first-order valence-electron chi connectivity index (χ1n) is 6.47. The first kappa shape index (κ1) is 14.5. The Bertz CT molecular complexity index is 542. The fourth-order valence-electron chi connectivity index (χ4n) is 2.35. The average molecular weight is 291 g/mol. The summed E-state index contributed by atoms with van der Waals surface area (Å²) in [5, 5.41) is 0. The summed E-state index contributed by atoms with van der Waals surface area (Å²) >= 11 is 4.87. The zero-order chi connectivity index (χ0) is 14.7. The molecule has 0 aliphatic carbocycles. The lowest BCUT2D eigenvalue weighted by molar-refractivity contribution is -0.123. The zero-order valence-electron chi connectivity index (χ0n) is 11.0. The van der Waals surface area contributed by atoms with Crippen molar-refractivity contribution in [3.63, 3.8) is 0 Å². The molecule has 1 aromatic rings. The Balaban J connectivity index is 2.10. The minimum Gasteiger partial charge on any atom is -0.389 e. The maximum absolute atomic E-state index is 12.4. The van der Waals surface area contributed by atoms with Gasteiger partial charge in [-0.3, -0.25) is 9.59 Å². The van der Waals surface area contributed by atoms with Gasteiger partial charge in [0.05, 0.1) is 5.92 Å². The molecule has 0 bridgehead atoms. The van der Waals surface area contributed by atoms with Crippen LogP contribution in [0.5, 0.6) is 0 Å². The summed E-state index contributed by atoms with van der Waals surface area (Å²) in [6, 6.07) is 6.85. The van der Waals surface area contributed by atoms with E-state index < -0.39 is 0 Å². The van der Waals surface area contributed by atoms with E-state index in [0.29, 0.717) is 23.6 Å². The Hall–Kier alpha value is -1.95. The summed E-state index contributed by atoms with van der Waals surface area (Å²) in [6.07, 6.45) is 1.55. The lowest BCUT2D eigenvalue weighted by atomic mass is 9.97. The second-order valence-corrected chi connectivity index (χ2v) is 5.37. The van der Waals surface area contributed by atoms with E-state index in [1.807, 2.05) is 0 Å². The maximum Gasteiger partial charge on any atom is 0.253 e. The molecule has 20 heavy (non-hydrogen) atoms. The highest BCUT2D eigenvalue weighted by molar-refractivity contribution is 7.80. The number of carbonyl (C=O) groups excluding carboxylic acids is 2. The van der Waals surface area contributed by atoms with Crippen molar-refractivity contribution in [2.45, 2.75) is 12.8 Å². The largest absolute Gasteiger partial charge is 0.389 e. The molecule has 0 spiro atoms. The molecule has 1 unspecified atom stereocenters. The molecule has 1 aliphatic rings. The van der Waals surface area contributed by atoms with Gasteiger partial charge in [0.25, 0.3) is 5.91 Å². The number of hydrogen-bond acceptors (Lipinski definition) is 3. The predicted octanol–water partition coefficient (Wildman–Crippen LogP) is 0.658. The van der Waals surface area contributed by atoms with E-state index in [4.69, 9.17) is 23.7 Å². The van der Waals surface area contributed by atoms with E-state index in [0.717, 1.165) is 18.4 Å². The lowest BCUT2D eigenvalue weighted by Gasteiger charge is -2.31. The van der Waals surface area contributed by atoms with Crippen molar-refractivity contribution in [3.05, 3.63) is 35.4 Å². The second-order valence-electron chi connectivity index (χ2n) is 4.93. The van der Waals surface area contributed by atoms with E-state index in [1.165, 1.54) is 0 Å². The van der Waals surface area contributed by atoms with Gasteiger partial charge in [0.1, 0.15) is 4.99 Å². The van der Waals surface area contributed by atoms with E-state index in [-0.39, 0.29) is 17.7 Å². The van der Waals surface area contributed by atoms with Crippen LogP contribution in [-0.4, -0.2) is 34.8 Å². The number of nitrogens with two attached hydrogens (primary N) is 2. The molecule has 0 radical (unpaired) electrons. The third-order valence-corrected chi connectivity index (χ3v) is 3.76. The first-order valence-corrected chi connectivity index (χ1v) is 6.88. The molecule has 1 saturated heterocycles. The molecule has 0 aromatic heterocycles. The normalized spacial score (nSPS) is 18.6. The molecule has 1 aromatic carbocycles. The highest BCUT2D eigenvalue weighted by atomic mass is 32.1. The summed E-state index contributed by atoms with van der Waals surface area (Å²) in [6.45, 7) is 1.05. The lowest BCUT2D eigenvalue weighted by Crippen LogP contribution is -2.44. The third-order valence-electron chi connectivity index (χ3n) is 3.53. The number of likely N-dealkylation sites (tertiary alicyclic amines) is 1. The van der Waals surface area contributed by atoms with Gasteiger partial charge in [-0.25, -0.2) is 0 Å². The highest BCUT2D eigenvalue weighted by Crippen LogP contribution is 2.18. The summed E-state index contributed by atoms with van der Waals surface area (Å²) < 4.78 is 0. The van der Waals surface area contributed by atoms with Gasteiger partial charge in [0, 0.05) is 24.2 Å². The molecule has 106 valence electrons. The SMILES string of the molecule is NC(=O)C1CCCN(C(=O)c2ccc(C(N)=S)cc2)C1. The number of hydrogen-bond donors (Lipinski definition) is 2. The fraction of sp³-hybridized carbons (Fsp3) is 0.357. The standard InChI is InChI=1S/C14H17N3O2S/c15-12(18)11-2-1-7-17(8-11)14(19)10-5-3-9(4-6-10)13(16)20/h3-6,11H,1-2,7-8H2,(H2,15,18)(H2,16,20). The van der Waals surface area contributed by atoms with Gasteiger partial charge >= 0.3 is 0 Å². The number of piperidine rings is 1. The quantitative estimate of drug-likeness (QED) is 0.801. The molecule has 1 atom stereocenters. The van der Waals surface area contributed by atoms with E-state index in [9.17, 15) is 9.59 Å². The third kappa shape index (κ3) is 3.14. The van der Waals surface area contributed by atoms with Crippen molar-refractivity contribution in [2.24, 2.45) is 17.4 Å². The van der Waals surface area contributed by atoms with Gasteiger partial charge < -0.3 is 16.4 Å². The van der Waals surface area contributed by atoms with Gasteiger partial charge in [-0.1, -0.05) is 24.4 Å². The van der Waals surface area contributed by atoms with Crippen molar-refractivity contribution in [1.82, 2.24) is 4.90 Å². The smallest absolute Gasteiger partial charge is 0.253 e. The molecule has 1 fully saturated rings. The second kappa shape index (κ2) is 6.00. The number of benzene rings is 1. The fourth-order valence-corrected chi connectivity index (χ4v) is 2.49. The molecule has 2 rings (SSSR count). The van der Waals surface area contributed by atoms with Crippen LogP contribution < -0.4 is 11.5 Å². The Morgan fingerprint density at radius 1 is 1.15 bits per heavy atom. The summed E-state index contributed by atoms with van der Waals surface area (Å²) in [7, 11) is 0. The maximum atomic E-state index is 12.4. The van der Waals surface area contributed by atoms with Crippen LogP contribution in [0.25, 0.3) is 0 Å². The number of rotatable bonds is 3. The van der Waals surface area contributed by atoms with Gasteiger partial charge in [-0.2, -0.15) is 0 Å². The van der Waals surface area contributed by atoms with Crippen LogP contribution in [0.3, 0.4) is 0 Å². The Morgan fingerprint density at radius 3 is 2.30 bits per heavy atom. The van der Waals surface area contributed by atoms with Crippen LogP contribution >= 0.6 is 12.2 Å². The molecule has 6 heteroatoms. The summed E-state index contributed by atoms with van der Waals surface area (Å²) in [5.74, 6) is -0.680. The van der Waals surface area contributed by atoms with Crippen LogP contribution in [0, 0.1) is 5.92 Å². The molecule has 4 N–H and O–H groups in total. The van der Waals surface area contributed by atoms with Crippen molar-refractivity contribution >= 4 is 29.0 Å². The molecule has 0 saturated carbocycles. The molecular formula is C14H17N3O2S. The average Bonchev–Trinajstić information content (AvgIpc) is 2.46. The summed E-state index contributed by atoms with van der Waals surface area (Å²) in [4.78, 5) is 25.6. The highest BCUT2D eigenvalue weighted by Gasteiger charge is 2.27. The Morgan fingerprint density at radius 2 is 1.75 bits per heavy atom. The number of thiocarbonyl (C=S) groups is 1. The van der Waals surface area contributed by atoms with Crippen LogP contribution in [0.4, 0.5) is 0 Å². The van der Waals surface area contributed by atoms with Gasteiger partial charge in [-0.15, -0.1) is 0 Å². The van der Waals surface area contributed by atoms with Gasteiger partial charge in [0.2, 0.25) is 5.91 Å². The molecule has 2 amide bonds. The number of carbonyl (C=O) groups is 2. The van der Waals surface area contributed by atoms with Crippen molar-refractivity contribution < 1.29 is 9.59 Å². The van der Waals surface area contributed by atoms with E-state index >= 15 is 0 Å². The Labute approximate surface area is 122 Å². The van der Waals surface area contributed by atoms with Crippen LogP contribution in [0.2, 0.25) is 0 Å². The number of nitrogens with zero attached hydrogens (tertiary/aromatic N) is 1. The van der Waals surface area contributed by atoms with Crippen molar-refractivity contribution in [1.29, 1.82) is 0 Å². The van der Waals surface area contributed by atoms with Crippen LogP contribution in [0.15, 0.2) is 24.3 Å². The van der Waals surface area contributed by atoms with E-state index in [1.54, 1.807) is 29.2 Å². The number of amides is 2. The topological polar surface area (TPSA) is 89.4 Å². The monoisotopic (exact) mass is 291 g/mol. The molecular weight excluding hydrogens is 274 g/mol. The molecule has 1 aliphatic heterocycles.